The Morgan fingerprint density at radius 3 is 2.52 bits per heavy atom. The van der Waals surface area contributed by atoms with Crippen LogP contribution in [0.3, 0.4) is 0 Å². The van der Waals surface area contributed by atoms with Crippen LogP contribution in [0.5, 0.6) is 0 Å². The van der Waals surface area contributed by atoms with Gasteiger partial charge in [-0.15, -0.1) is 0 Å². The van der Waals surface area contributed by atoms with Crippen LogP contribution >= 0.6 is 0 Å². The minimum absolute atomic E-state index is 0.0896. The number of rotatable bonds is 3. The van der Waals surface area contributed by atoms with Gasteiger partial charge in [0.15, 0.2) is 0 Å². The van der Waals surface area contributed by atoms with E-state index in [-0.39, 0.29) is 10.6 Å². The number of aryl methyl sites for hydroxylation is 1. The van der Waals surface area contributed by atoms with Crippen LogP contribution in [0.15, 0.2) is 52.2 Å². The molecule has 2 aromatic carbocycles. The first-order valence-corrected chi connectivity index (χ1v) is 7.74. The van der Waals surface area contributed by atoms with Gasteiger partial charge < -0.3 is 9.97 Å². The lowest BCUT2D eigenvalue weighted by Crippen LogP contribution is -2.12. The molecule has 6 nitrogen and oxygen atoms in total. The van der Waals surface area contributed by atoms with E-state index in [0.717, 1.165) is 5.56 Å². The Morgan fingerprint density at radius 2 is 1.76 bits per heavy atom. The number of fused-ring (bicyclic) bond motifs is 1. The number of anilines is 1. The van der Waals surface area contributed by atoms with Gasteiger partial charge in [-0.1, -0.05) is 12.1 Å². The number of imidazole rings is 1. The van der Waals surface area contributed by atoms with E-state index in [9.17, 15) is 13.2 Å². The number of aromatic nitrogens is 2. The van der Waals surface area contributed by atoms with E-state index in [2.05, 4.69) is 14.7 Å². The zero-order valence-corrected chi connectivity index (χ0v) is 12.0. The van der Waals surface area contributed by atoms with Crippen LogP contribution in [0.1, 0.15) is 5.56 Å². The van der Waals surface area contributed by atoms with Gasteiger partial charge in [-0.05, 0) is 42.8 Å². The predicted molar refractivity (Wildman–Crippen MR) is 80.9 cm³/mol. The van der Waals surface area contributed by atoms with E-state index >= 15 is 0 Å². The summed E-state index contributed by atoms with van der Waals surface area (Å²) in [7, 11) is -3.70. The fourth-order valence-electron chi connectivity index (χ4n) is 2.10. The Kier molecular flexibility index (Phi) is 3.06. The van der Waals surface area contributed by atoms with E-state index in [1.807, 2.05) is 13.0 Å². The number of H-pyrrole nitrogens is 2. The summed E-state index contributed by atoms with van der Waals surface area (Å²) in [6.07, 6.45) is 0. The Balaban J connectivity index is 2.01. The van der Waals surface area contributed by atoms with E-state index in [1.165, 1.54) is 12.1 Å². The largest absolute Gasteiger partial charge is 0.323 e. The molecular formula is C14H13N3O3S. The zero-order valence-electron chi connectivity index (χ0n) is 11.2. The molecule has 0 saturated heterocycles. The third-order valence-electron chi connectivity index (χ3n) is 3.07. The first-order valence-electron chi connectivity index (χ1n) is 6.26. The second kappa shape index (κ2) is 4.78. The highest BCUT2D eigenvalue weighted by atomic mass is 32.2. The van der Waals surface area contributed by atoms with Gasteiger partial charge in [0, 0.05) is 5.69 Å². The normalized spacial score (nSPS) is 11.7. The second-order valence-corrected chi connectivity index (χ2v) is 6.44. The van der Waals surface area contributed by atoms with Crippen molar-refractivity contribution < 1.29 is 8.42 Å². The SMILES string of the molecule is Cc1cccc(NS(=O)(=O)c2ccc3[nH]c(=O)[nH]c3c2)c1. The molecule has 0 aliphatic carbocycles. The summed E-state index contributed by atoms with van der Waals surface area (Å²) < 4.78 is 27.2. The number of sulfonamides is 1. The lowest BCUT2D eigenvalue weighted by atomic mass is 10.2. The lowest BCUT2D eigenvalue weighted by molar-refractivity contribution is 0.601. The maximum absolute atomic E-state index is 12.4. The van der Waals surface area contributed by atoms with Gasteiger partial charge in [0.1, 0.15) is 0 Å². The highest BCUT2D eigenvalue weighted by Crippen LogP contribution is 2.19. The molecule has 0 bridgehead atoms. The predicted octanol–water partition coefficient (Wildman–Crippen LogP) is 1.97. The van der Waals surface area contributed by atoms with Gasteiger partial charge in [-0.3, -0.25) is 4.72 Å². The number of hydrogen-bond acceptors (Lipinski definition) is 3. The number of hydrogen-bond donors (Lipinski definition) is 3. The van der Waals surface area contributed by atoms with Crippen molar-refractivity contribution >= 4 is 26.7 Å². The third kappa shape index (κ3) is 2.68. The molecule has 3 rings (SSSR count). The minimum atomic E-state index is -3.70. The summed E-state index contributed by atoms with van der Waals surface area (Å²) >= 11 is 0. The first-order chi connectivity index (χ1) is 9.94. The molecule has 21 heavy (non-hydrogen) atoms. The summed E-state index contributed by atoms with van der Waals surface area (Å²) in [5.41, 5.74) is 2.10. The van der Waals surface area contributed by atoms with Gasteiger partial charge in [0.2, 0.25) is 0 Å². The monoisotopic (exact) mass is 303 g/mol. The van der Waals surface area contributed by atoms with Crippen LogP contribution in [0.2, 0.25) is 0 Å². The van der Waals surface area contributed by atoms with Crippen LogP contribution in [-0.4, -0.2) is 18.4 Å². The van der Waals surface area contributed by atoms with E-state index < -0.39 is 10.0 Å². The molecule has 7 heteroatoms. The Hall–Kier alpha value is -2.54. The summed E-state index contributed by atoms with van der Waals surface area (Å²) in [5.74, 6) is 0. The molecule has 0 atom stereocenters. The van der Waals surface area contributed by atoms with Crippen LogP contribution in [0.4, 0.5) is 5.69 Å². The fraction of sp³-hybridized carbons (Fsp3) is 0.0714. The van der Waals surface area contributed by atoms with Gasteiger partial charge >= 0.3 is 5.69 Å². The molecule has 0 unspecified atom stereocenters. The molecule has 0 saturated carbocycles. The first kappa shape index (κ1) is 13.4. The molecule has 0 aliphatic heterocycles. The second-order valence-electron chi connectivity index (χ2n) is 4.76. The Labute approximate surface area is 120 Å². The van der Waals surface area contributed by atoms with Crippen LogP contribution in [0, 0.1) is 6.92 Å². The Bertz CT molecular complexity index is 970. The molecule has 0 spiro atoms. The lowest BCUT2D eigenvalue weighted by Gasteiger charge is -2.08. The average Bonchev–Trinajstić information content (AvgIpc) is 2.77. The van der Waals surface area contributed by atoms with Crippen molar-refractivity contribution in [1.82, 2.24) is 9.97 Å². The minimum Gasteiger partial charge on any atom is -0.306 e. The third-order valence-corrected chi connectivity index (χ3v) is 4.45. The molecule has 1 aromatic heterocycles. The molecular weight excluding hydrogens is 290 g/mol. The smallest absolute Gasteiger partial charge is 0.306 e. The topological polar surface area (TPSA) is 94.8 Å². The standard InChI is InChI=1S/C14H13N3O3S/c1-9-3-2-4-10(7-9)17-21(19,20)11-5-6-12-13(8-11)16-14(18)15-12/h2-8,17H,1H3,(H2,15,16,18). The van der Waals surface area contributed by atoms with Crippen LogP contribution in [0.25, 0.3) is 11.0 Å². The molecule has 0 radical (unpaired) electrons. The number of benzene rings is 2. The number of aromatic amines is 2. The van der Waals surface area contributed by atoms with E-state index in [1.54, 1.807) is 24.3 Å². The van der Waals surface area contributed by atoms with Crippen molar-refractivity contribution in [2.45, 2.75) is 11.8 Å². The quantitative estimate of drug-likeness (QED) is 0.690. The van der Waals surface area contributed by atoms with Crippen molar-refractivity contribution in [3.8, 4) is 0 Å². The van der Waals surface area contributed by atoms with Crippen molar-refractivity contribution in [3.63, 3.8) is 0 Å². The molecule has 3 aromatic rings. The summed E-state index contributed by atoms with van der Waals surface area (Å²) in [6.45, 7) is 1.88. The molecule has 108 valence electrons. The van der Waals surface area contributed by atoms with Crippen molar-refractivity contribution in [2.24, 2.45) is 0 Å². The molecule has 1 heterocycles. The van der Waals surface area contributed by atoms with Gasteiger partial charge in [-0.25, -0.2) is 13.2 Å². The van der Waals surface area contributed by atoms with E-state index in [4.69, 9.17) is 0 Å². The van der Waals surface area contributed by atoms with Crippen molar-refractivity contribution in [3.05, 3.63) is 58.5 Å². The molecule has 0 aliphatic rings. The van der Waals surface area contributed by atoms with Gasteiger partial charge in [0.05, 0.1) is 15.9 Å². The molecule has 0 fully saturated rings. The zero-order chi connectivity index (χ0) is 15.0. The fourth-order valence-corrected chi connectivity index (χ4v) is 3.18. The maximum Gasteiger partial charge on any atom is 0.323 e. The molecule has 3 N–H and O–H groups in total. The summed E-state index contributed by atoms with van der Waals surface area (Å²) in [5, 5.41) is 0. The number of nitrogens with one attached hydrogen (secondary N) is 3. The summed E-state index contributed by atoms with van der Waals surface area (Å²) in [6, 6.07) is 11.5. The van der Waals surface area contributed by atoms with Gasteiger partial charge in [-0.2, -0.15) is 0 Å². The Morgan fingerprint density at radius 1 is 1.00 bits per heavy atom. The van der Waals surface area contributed by atoms with Gasteiger partial charge in [0.25, 0.3) is 10.0 Å². The highest BCUT2D eigenvalue weighted by Gasteiger charge is 2.15. The summed E-state index contributed by atoms with van der Waals surface area (Å²) in [4.78, 5) is 16.4. The van der Waals surface area contributed by atoms with Crippen LogP contribution < -0.4 is 10.4 Å². The van der Waals surface area contributed by atoms with Crippen molar-refractivity contribution in [2.75, 3.05) is 4.72 Å². The molecule has 0 amide bonds. The average molecular weight is 303 g/mol. The van der Waals surface area contributed by atoms with E-state index in [0.29, 0.717) is 16.7 Å². The van der Waals surface area contributed by atoms with Crippen molar-refractivity contribution in [1.29, 1.82) is 0 Å². The van der Waals surface area contributed by atoms with Crippen LogP contribution in [-0.2, 0) is 10.0 Å². The maximum atomic E-state index is 12.4. The highest BCUT2D eigenvalue weighted by molar-refractivity contribution is 7.92.